The van der Waals surface area contributed by atoms with E-state index in [0.29, 0.717) is 17.2 Å². The van der Waals surface area contributed by atoms with Crippen LogP contribution in [0.25, 0.3) is 10.8 Å². The van der Waals surface area contributed by atoms with Gasteiger partial charge >= 0.3 is 12.1 Å². The van der Waals surface area contributed by atoms with E-state index in [9.17, 15) is 27.9 Å². The average Bonchev–Trinajstić information content (AvgIpc) is 3.38. The maximum Gasteiger partial charge on any atom is 0.391 e. The van der Waals surface area contributed by atoms with Crippen molar-refractivity contribution in [1.29, 1.82) is 0 Å². The number of ether oxygens (including phenoxy) is 3. The highest BCUT2D eigenvalue weighted by atomic mass is 19.4. The van der Waals surface area contributed by atoms with Gasteiger partial charge in [0.15, 0.2) is 18.1 Å². The molecule has 3 aromatic rings. The summed E-state index contributed by atoms with van der Waals surface area (Å²) in [6.45, 7) is -0.137. The zero-order valence-electron chi connectivity index (χ0n) is 21.0. The van der Waals surface area contributed by atoms with Crippen molar-refractivity contribution in [2.45, 2.75) is 50.2 Å². The molecule has 3 aromatic carbocycles. The van der Waals surface area contributed by atoms with Crippen LogP contribution in [0.1, 0.15) is 49.1 Å². The molecule has 206 valence electrons. The smallest absolute Gasteiger partial charge is 0.391 e. The normalized spacial score (nSPS) is 19.5. The van der Waals surface area contributed by atoms with E-state index >= 15 is 0 Å². The minimum atomic E-state index is -4.19. The molecule has 0 spiro atoms. The van der Waals surface area contributed by atoms with Crippen LogP contribution < -0.4 is 19.5 Å². The van der Waals surface area contributed by atoms with Crippen LogP contribution in [0.5, 0.6) is 17.2 Å². The zero-order valence-corrected chi connectivity index (χ0v) is 21.0. The van der Waals surface area contributed by atoms with Gasteiger partial charge < -0.3 is 24.6 Å². The van der Waals surface area contributed by atoms with E-state index in [1.54, 1.807) is 24.3 Å². The SMILES string of the molecule is O=C(O)CC(c1ccc2c(c1)OCO2)c1ccc2ccc(OCC(=O)N[C@H]3CC[C@H](C(F)(F)F)CC3)cc2c1. The lowest BCUT2D eigenvalue weighted by Gasteiger charge is -2.30. The van der Waals surface area contributed by atoms with Crippen molar-refractivity contribution in [2.24, 2.45) is 5.92 Å². The summed E-state index contributed by atoms with van der Waals surface area (Å²) in [5.41, 5.74) is 1.59. The molecule has 1 fully saturated rings. The first-order valence-electron chi connectivity index (χ1n) is 12.8. The van der Waals surface area contributed by atoms with Crippen molar-refractivity contribution in [3.8, 4) is 17.2 Å². The Morgan fingerprint density at radius 2 is 1.62 bits per heavy atom. The Morgan fingerprint density at radius 1 is 0.923 bits per heavy atom. The summed E-state index contributed by atoms with van der Waals surface area (Å²) >= 11 is 0. The van der Waals surface area contributed by atoms with Crippen LogP contribution in [0.15, 0.2) is 54.6 Å². The number of alkyl halides is 3. The Bertz CT molecular complexity index is 1370. The number of carboxylic acids is 1. The first-order chi connectivity index (χ1) is 18.7. The van der Waals surface area contributed by atoms with Gasteiger partial charge in [-0.25, -0.2) is 0 Å². The first kappa shape index (κ1) is 26.6. The Labute approximate surface area is 222 Å². The molecule has 2 aliphatic rings. The fourth-order valence-corrected chi connectivity index (χ4v) is 5.27. The van der Waals surface area contributed by atoms with Crippen LogP contribution in [-0.2, 0) is 9.59 Å². The molecule has 1 aliphatic carbocycles. The maximum atomic E-state index is 12.9. The number of aliphatic carboxylic acids is 1. The number of benzene rings is 3. The molecule has 1 amide bonds. The average molecular weight is 544 g/mol. The molecule has 0 radical (unpaired) electrons. The summed E-state index contributed by atoms with van der Waals surface area (Å²) in [4.78, 5) is 24.1. The van der Waals surface area contributed by atoms with Gasteiger partial charge in [-0.1, -0.05) is 30.3 Å². The van der Waals surface area contributed by atoms with Crippen molar-refractivity contribution < 1.29 is 42.1 Å². The van der Waals surface area contributed by atoms with Gasteiger partial charge in [-0.05, 0) is 71.8 Å². The van der Waals surface area contributed by atoms with Gasteiger partial charge in [0, 0.05) is 12.0 Å². The standard InChI is InChI=1S/C29H28F3NO6/c30-29(31,32)21-5-7-22(8-6-21)33-27(34)15-37-23-9-3-17-1-2-18(11-20(17)12-23)24(14-28(35)36)19-4-10-25-26(13-19)39-16-38-25/h1-4,9-13,21-22,24H,5-8,14-16H2,(H,33,34)(H,35,36)/t21-,22-,24?. The van der Waals surface area contributed by atoms with E-state index in [4.69, 9.17) is 14.2 Å². The molecule has 1 unspecified atom stereocenters. The number of carbonyl (C=O) groups excluding carboxylic acids is 1. The molecule has 1 heterocycles. The second-order valence-electron chi connectivity index (χ2n) is 9.98. The van der Waals surface area contributed by atoms with E-state index in [-0.39, 0.29) is 57.5 Å². The quantitative estimate of drug-likeness (QED) is 0.374. The molecular formula is C29H28F3NO6. The number of rotatable bonds is 8. The van der Waals surface area contributed by atoms with Crippen LogP contribution >= 0.6 is 0 Å². The Morgan fingerprint density at radius 3 is 2.36 bits per heavy atom. The monoisotopic (exact) mass is 543 g/mol. The Balaban J connectivity index is 1.26. The topological polar surface area (TPSA) is 94.1 Å². The molecule has 1 atom stereocenters. The molecule has 1 saturated carbocycles. The molecule has 0 saturated heterocycles. The number of amides is 1. The number of carboxylic acid groups (broad SMARTS) is 1. The highest BCUT2D eigenvalue weighted by molar-refractivity contribution is 5.85. The number of fused-ring (bicyclic) bond motifs is 2. The van der Waals surface area contributed by atoms with E-state index in [0.717, 1.165) is 21.9 Å². The van der Waals surface area contributed by atoms with Crippen molar-refractivity contribution in [2.75, 3.05) is 13.4 Å². The van der Waals surface area contributed by atoms with Crippen LogP contribution in [0.2, 0.25) is 0 Å². The van der Waals surface area contributed by atoms with E-state index in [2.05, 4.69) is 5.32 Å². The predicted molar refractivity (Wildman–Crippen MR) is 136 cm³/mol. The lowest BCUT2D eigenvalue weighted by Crippen LogP contribution is -2.41. The molecule has 2 N–H and O–H groups in total. The van der Waals surface area contributed by atoms with Crippen LogP contribution in [0.4, 0.5) is 13.2 Å². The molecule has 1 aliphatic heterocycles. The lowest BCUT2D eigenvalue weighted by atomic mass is 9.85. The fraction of sp³-hybridized carbons (Fsp3) is 0.379. The summed E-state index contributed by atoms with van der Waals surface area (Å²) in [7, 11) is 0. The van der Waals surface area contributed by atoms with Crippen molar-refractivity contribution >= 4 is 22.6 Å². The molecule has 0 aromatic heterocycles. The number of hydrogen-bond donors (Lipinski definition) is 2. The van der Waals surface area contributed by atoms with E-state index < -0.39 is 24.0 Å². The Kier molecular flexibility index (Phi) is 7.54. The zero-order chi connectivity index (χ0) is 27.6. The number of carbonyl (C=O) groups is 2. The van der Waals surface area contributed by atoms with Crippen molar-refractivity contribution in [3.05, 3.63) is 65.7 Å². The van der Waals surface area contributed by atoms with E-state index in [1.807, 2.05) is 30.3 Å². The van der Waals surface area contributed by atoms with Gasteiger partial charge in [0.05, 0.1) is 12.3 Å². The van der Waals surface area contributed by atoms with Gasteiger partial charge in [0.1, 0.15) is 5.75 Å². The summed E-state index contributed by atoms with van der Waals surface area (Å²) in [6, 6.07) is 16.2. The maximum absolute atomic E-state index is 12.9. The molecule has 10 heteroatoms. The predicted octanol–water partition coefficient (Wildman–Crippen LogP) is 5.79. The van der Waals surface area contributed by atoms with Crippen molar-refractivity contribution in [1.82, 2.24) is 5.32 Å². The minimum absolute atomic E-state index is 0.0114. The molecule has 0 bridgehead atoms. The van der Waals surface area contributed by atoms with E-state index in [1.165, 1.54) is 0 Å². The highest BCUT2D eigenvalue weighted by Gasteiger charge is 2.41. The van der Waals surface area contributed by atoms with Crippen LogP contribution in [0, 0.1) is 5.92 Å². The summed E-state index contributed by atoms with van der Waals surface area (Å²) < 4.78 is 55.1. The number of nitrogens with one attached hydrogen (secondary N) is 1. The van der Waals surface area contributed by atoms with Gasteiger partial charge in [0.25, 0.3) is 5.91 Å². The molecular weight excluding hydrogens is 515 g/mol. The fourth-order valence-electron chi connectivity index (χ4n) is 5.27. The van der Waals surface area contributed by atoms with Gasteiger partial charge in [-0.3, -0.25) is 9.59 Å². The molecule has 39 heavy (non-hydrogen) atoms. The summed E-state index contributed by atoms with van der Waals surface area (Å²) in [6.07, 6.45) is -3.71. The lowest BCUT2D eigenvalue weighted by molar-refractivity contribution is -0.182. The van der Waals surface area contributed by atoms with Crippen LogP contribution in [0.3, 0.4) is 0 Å². The van der Waals surface area contributed by atoms with Gasteiger partial charge in [0.2, 0.25) is 6.79 Å². The largest absolute Gasteiger partial charge is 0.484 e. The Hall–Kier alpha value is -3.95. The first-order valence-corrected chi connectivity index (χ1v) is 12.8. The second-order valence-corrected chi connectivity index (χ2v) is 9.98. The third-order valence-electron chi connectivity index (χ3n) is 7.34. The third kappa shape index (κ3) is 6.38. The van der Waals surface area contributed by atoms with Gasteiger partial charge in [-0.2, -0.15) is 13.2 Å². The minimum Gasteiger partial charge on any atom is -0.484 e. The second kappa shape index (κ2) is 11.0. The number of hydrogen-bond acceptors (Lipinski definition) is 5. The number of halogens is 3. The van der Waals surface area contributed by atoms with Crippen LogP contribution in [-0.4, -0.2) is 42.6 Å². The highest BCUT2D eigenvalue weighted by Crippen LogP contribution is 2.39. The molecule has 7 nitrogen and oxygen atoms in total. The molecule has 5 rings (SSSR count). The summed E-state index contributed by atoms with van der Waals surface area (Å²) in [5, 5.41) is 14.1. The van der Waals surface area contributed by atoms with Crippen molar-refractivity contribution in [3.63, 3.8) is 0 Å². The summed E-state index contributed by atoms with van der Waals surface area (Å²) in [5.74, 6) is -1.41. The van der Waals surface area contributed by atoms with Gasteiger partial charge in [-0.15, -0.1) is 0 Å². The third-order valence-corrected chi connectivity index (χ3v) is 7.34.